The summed E-state index contributed by atoms with van der Waals surface area (Å²) in [6, 6.07) is 9.54. The summed E-state index contributed by atoms with van der Waals surface area (Å²) in [6.45, 7) is 4.49. The number of carbonyl (C=O) groups is 1. The van der Waals surface area contributed by atoms with Gasteiger partial charge in [0.25, 0.3) is 0 Å². The van der Waals surface area contributed by atoms with Gasteiger partial charge in [-0.3, -0.25) is 4.79 Å². The van der Waals surface area contributed by atoms with Gasteiger partial charge in [0.1, 0.15) is 5.75 Å². The first-order valence-corrected chi connectivity index (χ1v) is 7.06. The van der Waals surface area contributed by atoms with Crippen molar-refractivity contribution >= 4 is 5.97 Å². The van der Waals surface area contributed by atoms with Crippen molar-refractivity contribution in [2.24, 2.45) is 5.41 Å². The molecule has 0 fully saturated rings. The van der Waals surface area contributed by atoms with Crippen LogP contribution in [0.4, 0.5) is 0 Å². The summed E-state index contributed by atoms with van der Waals surface area (Å²) in [5.74, 6) is 0.105. The highest BCUT2D eigenvalue weighted by Crippen LogP contribution is 2.33. The first kappa shape index (κ1) is 15.5. The largest absolute Gasteiger partial charge is 0.494 e. The van der Waals surface area contributed by atoms with Crippen LogP contribution < -0.4 is 4.74 Å². The first-order chi connectivity index (χ1) is 9.14. The number of aliphatic carboxylic acids is 1. The molecule has 0 radical (unpaired) electrons. The van der Waals surface area contributed by atoms with Gasteiger partial charge in [-0.2, -0.15) is 0 Å². The molecule has 1 atom stereocenters. The fraction of sp³-hybridized carbons (Fsp3) is 0.562. The average molecular weight is 264 g/mol. The van der Waals surface area contributed by atoms with Crippen LogP contribution in [0.25, 0.3) is 0 Å². The van der Waals surface area contributed by atoms with Crippen molar-refractivity contribution in [3.8, 4) is 5.75 Å². The molecule has 1 aromatic rings. The molecule has 19 heavy (non-hydrogen) atoms. The third kappa shape index (κ3) is 4.58. The number of para-hydroxylation sites is 1. The van der Waals surface area contributed by atoms with E-state index in [2.05, 4.69) is 6.92 Å². The molecule has 106 valence electrons. The normalized spacial score (nSPS) is 13.8. The van der Waals surface area contributed by atoms with Gasteiger partial charge in [0, 0.05) is 0 Å². The molecule has 1 rings (SSSR count). The highest BCUT2D eigenvalue weighted by Gasteiger charge is 2.35. The lowest BCUT2D eigenvalue weighted by atomic mass is 9.77. The number of carboxylic acids is 1. The van der Waals surface area contributed by atoms with Gasteiger partial charge in [0.05, 0.1) is 12.0 Å². The van der Waals surface area contributed by atoms with Crippen molar-refractivity contribution < 1.29 is 14.6 Å². The number of hydrogen-bond donors (Lipinski definition) is 1. The zero-order valence-corrected chi connectivity index (χ0v) is 11.9. The van der Waals surface area contributed by atoms with Gasteiger partial charge in [-0.1, -0.05) is 44.9 Å². The predicted octanol–water partition coefficient (Wildman–Crippen LogP) is 4.13. The predicted molar refractivity (Wildman–Crippen MR) is 76.4 cm³/mol. The number of rotatable bonds is 9. The smallest absolute Gasteiger partial charge is 0.309 e. The molecule has 0 amide bonds. The SMILES string of the molecule is CCCCC(CC)(CCOc1ccccc1)C(=O)O. The maximum Gasteiger partial charge on any atom is 0.309 e. The second kappa shape index (κ2) is 7.82. The summed E-state index contributed by atoms with van der Waals surface area (Å²) in [6.07, 6.45) is 3.92. The van der Waals surface area contributed by atoms with Crippen molar-refractivity contribution in [2.45, 2.75) is 46.0 Å². The molecule has 0 bridgehead atoms. The molecule has 0 aliphatic rings. The average Bonchev–Trinajstić information content (AvgIpc) is 2.43. The third-order valence-corrected chi connectivity index (χ3v) is 3.73. The minimum absolute atomic E-state index is 0.452. The van der Waals surface area contributed by atoms with E-state index in [-0.39, 0.29) is 0 Å². The molecule has 0 heterocycles. The van der Waals surface area contributed by atoms with E-state index in [0.717, 1.165) is 25.0 Å². The Hall–Kier alpha value is -1.51. The molecule has 1 aromatic carbocycles. The molecule has 1 unspecified atom stereocenters. The van der Waals surface area contributed by atoms with Gasteiger partial charge < -0.3 is 9.84 Å². The molecule has 0 saturated carbocycles. The van der Waals surface area contributed by atoms with Crippen LogP contribution in [-0.4, -0.2) is 17.7 Å². The molecule has 1 N–H and O–H groups in total. The zero-order valence-electron chi connectivity index (χ0n) is 11.9. The quantitative estimate of drug-likeness (QED) is 0.729. The summed E-state index contributed by atoms with van der Waals surface area (Å²) in [5, 5.41) is 9.49. The van der Waals surface area contributed by atoms with E-state index >= 15 is 0 Å². The van der Waals surface area contributed by atoms with E-state index < -0.39 is 11.4 Å². The number of hydrogen-bond acceptors (Lipinski definition) is 2. The van der Waals surface area contributed by atoms with Gasteiger partial charge >= 0.3 is 5.97 Å². The van der Waals surface area contributed by atoms with Gasteiger partial charge in [-0.25, -0.2) is 0 Å². The Morgan fingerprint density at radius 1 is 1.21 bits per heavy atom. The van der Waals surface area contributed by atoms with Crippen LogP contribution in [0.1, 0.15) is 46.0 Å². The summed E-state index contributed by atoms with van der Waals surface area (Å²) in [7, 11) is 0. The second-order valence-electron chi connectivity index (χ2n) is 4.95. The van der Waals surface area contributed by atoms with E-state index in [1.54, 1.807) is 0 Å². The van der Waals surface area contributed by atoms with Crippen LogP contribution in [-0.2, 0) is 4.79 Å². The van der Waals surface area contributed by atoms with Crippen molar-refractivity contribution in [1.29, 1.82) is 0 Å². The Morgan fingerprint density at radius 3 is 2.42 bits per heavy atom. The van der Waals surface area contributed by atoms with Crippen molar-refractivity contribution in [2.75, 3.05) is 6.61 Å². The van der Waals surface area contributed by atoms with Crippen LogP contribution in [0.3, 0.4) is 0 Å². The monoisotopic (exact) mass is 264 g/mol. The van der Waals surface area contributed by atoms with Gasteiger partial charge in [-0.15, -0.1) is 0 Å². The molecule has 3 nitrogen and oxygen atoms in total. The van der Waals surface area contributed by atoms with E-state index in [1.165, 1.54) is 0 Å². The van der Waals surface area contributed by atoms with E-state index in [1.807, 2.05) is 37.3 Å². The number of carboxylic acid groups (broad SMARTS) is 1. The van der Waals surface area contributed by atoms with Crippen molar-refractivity contribution in [3.63, 3.8) is 0 Å². The molecule has 3 heteroatoms. The Morgan fingerprint density at radius 2 is 1.89 bits per heavy atom. The molecule has 0 aliphatic heterocycles. The Bertz CT molecular complexity index is 375. The Balaban J connectivity index is 2.55. The van der Waals surface area contributed by atoms with Crippen molar-refractivity contribution in [3.05, 3.63) is 30.3 Å². The number of unbranched alkanes of at least 4 members (excludes halogenated alkanes) is 1. The molecule has 0 aromatic heterocycles. The first-order valence-electron chi connectivity index (χ1n) is 7.06. The molecule has 0 aliphatic carbocycles. The third-order valence-electron chi connectivity index (χ3n) is 3.73. The summed E-state index contributed by atoms with van der Waals surface area (Å²) in [5.41, 5.74) is -0.634. The fourth-order valence-electron chi connectivity index (χ4n) is 2.24. The summed E-state index contributed by atoms with van der Waals surface area (Å²) < 4.78 is 5.63. The molecule has 0 saturated heterocycles. The fourth-order valence-corrected chi connectivity index (χ4v) is 2.24. The Kier molecular flexibility index (Phi) is 6.40. The topological polar surface area (TPSA) is 46.5 Å². The molecular formula is C16H24O3. The lowest BCUT2D eigenvalue weighted by Crippen LogP contribution is -2.32. The highest BCUT2D eigenvalue weighted by atomic mass is 16.5. The molecular weight excluding hydrogens is 240 g/mol. The van der Waals surface area contributed by atoms with E-state index in [9.17, 15) is 9.90 Å². The van der Waals surface area contributed by atoms with Crippen LogP contribution in [0.15, 0.2) is 30.3 Å². The van der Waals surface area contributed by atoms with E-state index in [4.69, 9.17) is 4.74 Å². The van der Waals surface area contributed by atoms with Crippen LogP contribution >= 0.6 is 0 Å². The van der Waals surface area contributed by atoms with Gasteiger partial charge in [-0.05, 0) is 31.4 Å². The standard InChI is InChI=1S/C16H24O3/c1-3-5-11-16(4-2,15(17)18)12-13-19-14-9-7-6-8-10-14/h6-10H,3-5,11-13H2,1-2H3,(H,17,18). The minimum Gasteiger partial charge on any atom is -0.494 e. The Labute approximate surface area is 115 Å². The number of benzene rings is 1. The minimum atomic E-state index is -0.694. The van der Waals surface area contributed by atoms with E-state index in [0.29, 0.717) is 19.4 Å². The maximum absolute atomic E-state index is 11.5. The second-order valence-corrected chi connectivity index (χ2v) is 4.95. The van der Waals surface area contributed by atoms with Gasteiger partial charge in [0.2, 0.25) is 0 Å². The maximum atomic E-state index is 11.5. The zero-order chi connectivity index (χ0) is 14.1. The number of ether oxygens (including phenoxy) is 1. The van der Waals surface area contributed by atoms with Gasteiger partial charge in [0.15, 0.2) is 0 Å². The molecule has 0 spiro atoms. The van der Waals surface area contributed by atoms with Crippen LogP contribution in [0.2, 0.25) is 0 Å². The summed E-state index contributed by atoms with van der Waals surface area (Å²) >= 11 is 0. The van der Waals surface area contributed by atoms with Crippen LogP contribution in [0.5, 0.6) is 5.75 Å². The lowest BCUT2D eigenvalue weighted by molar-refractivity contribution is -0.150. The van der Waals surface area contributed by atoms with Crippen LogP contribution in [0, 0.1) is 5.41 Å². The van der Waals surface area contributed by atoms with Crippen molar-refractivity contribution in [1.82, 2.24) is 0 Å². The lowest BCUT2D eigenvalue weighted by Gasteiger charge is -2.28. The summed E-state index contributed by atoms with van der Waals surface area (Å²) in [4.78, 5) is 11.5. The highest BCUT2D eigenvalue weighted by molar-refractivity contribution is 5.74.